The molecule has 0 aliphatic carbocycles. The number of aliphatic hydroxyl groups excluding tert-OH is 1. The van der Waals surface area contributed by atoms with Gasteiger partial charge in [-0.15, -0.1) is 0 Å². The monoisotopic (exact) mass is 435 g/mol. The minimum atomic E-state index is -4.75. The fourth-order valence-electron chi connectivity index (χ4n) is 2.65. The summed E-state index contributed by atoms with van der Waals surface area (Å²) in [6, 6.07) is 5.30. The van der Waals surface area contributed by atoms with E-state index in [2.05, 4.69) is 0 Å². The summed E-state index contributed by atoms with van der Waals surface area (Å²) in [6.45, 7) is 0. The lowest BCUT2D eigenvalue weighted by molar-refractivity contribution is -0.144. The van der Waals surface area contributed by atoms with Gasteiger partial charge in [0.1, 0.15) is 6.04 Å². The van der Waals surface area contributed by atoms with Gasteiger partial charge >= 0.3 is 18.3 Å². The van der Waals surface area contributed by atoms with Crippen LogP contribution >= 0.6 is 0 Å². The zero-order valence-corrected chi connectivity index (χ0v) is 15.0. The van der Waals surface area contributed by atoms with E-state index in [4.69, 9.17) is 0 Å². The molecule has 1 amide bonds. The van der Waals surface area contributed by atoms with Crippen LogP contribution in [0.1, 0.15) is 28.4 Å². The first-order valence-electron chi connectivity index (χ1n) is 8.34. The second kappa shape index (κ2) is 8.74. The minimum absolute atomic E-state index is 0.250. The highest BCUT2D eigenvalue weighted by atomic mass is 19.4. The molecule has 0 fully saturated rings. The molecule has 162 valence electrons. The first-order chi connectivity index (χ1) is 13.8. The normalized spacial score (nSPS) is 14.1. The van der Waals surface area contributed by atoms with Crippen molar-refractivity contribution < 1.29 is 46.1 Å². The Morgan fingerprint density at radius 1 is 0.900 bits per heavy atom. The summed E-state index contributed by atoms with van der Waals surface area (Å²) in [5, 5.41) is 21.2. The van der Waals surface area contributed by atoms with Crippen LogP contribution in [0.2, 0.25) is 0 Å². The smallest absolute Gasteiger partial charge is 0.416 e. The summed E-state index contributed by atoms with van der Waals surface area (Å²) in [6.07, 6.45) is -12.1. The number of carbonyl (C=O) groups excluding carboxylic acids is 1. The van der Waals surface area contributed by atoms with Crippen molar-refractivity contribution >= 4 is 11.9 Å². The van der Waals surface area contributed by atoms with E-state index in [1.807, 2.05) is 5.32 Å². The number of amides is 1. The van der Waals surface area contributed by atoms with Gasteiger partial charge in [0.25, 0.3) is 5.91 Å². The van der Waals surface area contributed by atoms with E-state index < -0.39 is 53.9 Å². The number of carboxylic acids is 1. The van der Waals surface area contributed by atoms with Crippen LogP contribution in [0.15, 0.2) is 48.5 Å². The molecule has 11 heteroatoms. The molecule has 5 nitrogen and oxygen atoms in total. The molecule has 2 rings (SSSR count). The van der Waals surface area contributed by atoms with Crippen LogP contribution in [-0.4, -0.2) is 28.1 Å². The van der Waals surface area contributed by atoms with Gasteiger partial charge in [0, 0.05) is 6.42 Å². The molecule has 0 heterocycles. The number of hydrogen-bond donors (Lipinski definition) is 3. The maximum absolute atomic E-state index is 13.1. The number of carbonyl (C=O) groups is 2. The molecule has 0 aliphatic rings. The van der Waals surface area contributed by atoms with E-state index >= 15 is 0 Å². The second-order valence-corrected chi connectivity index (χ2v) is 6.28. The Morgan fingerprint density at radius 3 is 1.97 bits per heavy atom. The van der Waals surface area contributed by atoms with Gasteiger partial charge in [-0.3, -0.25) is 4.79 Å². The third-order valence-corrected chi connectivity index (χ3v) is 4.16. The predicted octanol–water partition coefficient (Wildman–Crippen LogP) is 3.57. The molecule has 0 bridgehead atoms. The molecule has 2 aromatic rings. The lowest BCUT2D eigenvalue weighted by Crippen LogP contribution is -2.44. The zero-order valence-electron chi connectivity index (χ0n) is 15.0. The van der Waals surface area contributed by atoms with Crippen molar-refractivity contribution in [1.82, 2.24) is 5.32 Å². The summed E-state index contributed by atoms with van der Waals surface area (Å²) in [4.78, 5) is 23.6. The van der Waals surface area contributed by atoms with Crippen LogP contribution in [0, 0.1) is 0 Å². The zero-order chi connectivity index (χ0) is 22.7. The Hall–Kier alpha value is -3.08. The topological polar surface area (TPSA) is 86.6 Å². The number of benzene rings is 2. The second-order valence-electron chi connectivity index (χ2n) is 6.28. The highest BCUT2D eigenvalue weighted by Crippen LogP contribution is 2.32. The molecule has 0 aromatic heterocycles. The van der Waals surface area contributed by atoms with E-state index in [0.717, 1.165) is 30.3 Å². The van der Waals surface area contributed by atoms with Gasteiger partial charge in [0.05, 0.1) is 11.1 Å². The molecule has 0 radical (unpaired) electrons. The molecule has 0 spiro atoms. The number of alkyl halides is 6. The van der Waals surface area contributed by atoms with Crippen molar-refractivity contribution in [3.8, 4) is 0 Å². The maximum Gasteiger partial charge on any atom is 0.416 e. The van der Waals surface area contributed by atoms with E-state index in [0.29, 0.717) is 12.1 Å². The van der Waals surface area contributed by atoms with Gasteiger partial charge < -0.3 is 15.5 Å². The molecular formula is C19H15F6NO4. The lowest BCUT2D eigenvalue weighted by Gasteiger charge is -2.20. The maximum atomic E-state index is 13.1. The van der Waals surface area contributed by atoms with Crippen molar-refractivity contribution in [1.29, 1.82) is 0 Å². The Morgan fingerprint density at radius 2 is 1.47 bits per heavy atom. The van der Waals surface area contributed by atoms with Crippen molar-refractivity contribution in [3.63, 3.8) is 0 Å². The summed E-state index contributed by atoms with van der Waals surface area (Å²) in [5.41, 5.74) is -2.73. The van der Waals surface area contributed by atoms with Crippen molar-refractivity contribution in [3.05, 3.63) is 70.8 Å². The van der Waals surface area contributed by atoms with Gasteiger partial charge in [0.15, 0.2) is 6.10 Å². The highest BCUT2D eigenvalue weighted by Gasteiger charge is 2.35. The molecule has 3 N–H and O–H groups in total. The van der Waals surface area contributed by atoms with Crippen LogP contribution < -0.4 is 5.32 Å². The van der Waals surface area contributed by atoms with Crippen LogP contribution in [0.4, 0.5) is 26.3 Å². The number of hydrogen-bond acceptors (Lipinski definition) is 3. The number of carboxylic acid groups (broad SMARTS) is 1. The van der Waals surface area contributed by atoms with Gasteiger partial charge in [-0.25, -0.2) is 4.79 Å². The third-order valence-electron chi connectivity index (χ3n) is 4.16. The van der Waals surface area contributed by atoms with Gasteiger partial charge in [-0.2, -0.15) is 26.3 Å². The molecule has 0 aliphatic heterocycles. The third kappa shape index (κ3) is 5.72. The molecular weight excluding hydrogens is 420 g/mol. The first kappa shape index (κ1) is 23.2. The number of aliphatic carboxylic acids is 1. The van der Waals surface area contributed by atoms with E-state index in [-0.39, 0.29) is 11.1 Å². The molecule has 0 saturated heterocycles. The summed E-state index contributed by atoms with van der Waals surface area (Å²) < 4.78 is 77.0. The lowest BCUT2D eigenvalue weighted by atomic mass is 9.99. The Bertz CT molecular complexity index is 908. The average Bonchev–Trinajstić information content (AvgIpc) is 2.65. The number of halogens is 6. The highest BCUT2D eigenvalue weighted by molar-refractivity contribution is 5.87. The van der Waals surface area contributed by atoms with E-state index in [1.165, 1.54) is 6.07 Å². The largest absolute Gasteiger partial charge is 0.480 e. The SMILES string of the molecule is O=C(N[C@H](Cc1ccccc1C(F)(F)F)C(=O)O)[C@@H](O)c1ccc(C(F)(F)F)cc1. The standard InChI is InChI=1S/C19H15F6NO4/c20-18(21,22)12-7-5-10(6-8-12)15(27)16(28)26-14(17(29)30)9-11-3-1-2-4-13(11)19(23,24)25/h1-8,14-15,27H,9H2,(H,26,28)(H,29,30)/t14-,15+/m1/s1. The molecule has 2 aromatic carbocycles. The van der Waals surface area contributed by atoms with Crippen molar-refractivity contribution in [2.75, 3.05) is 0 Å². The van der Waals surface area contributed by atoms with E-state index in [9.17, 15) is 46.1 Å². The molecule has 0 saturated carbocycles. The van der Waals surface area contributed by atoms with Crippen molar-refractivity contribution in [2.24, 2.45) is 0 Å². The Balaban J connectivity index is 2.17. The number of rotatable bonds is 6. The fraction of sp³-hybridized carbons (Fsp3) is 0.263. The molecule has 2 atom stereocenters. The molecule has 30 heavy (non-hydrogen) atoms. The summed E-state index contributed by atoms with van der Waals surface area (Å²) in [5.74, 6) is -2.94. The van der Waals surface area contributed by atoms with Crippen LogP contribution in [0.3, 0.4) is 0 Å². The summed E-state index contributed by atoms with van der Waals surface area (Å²) >= 11 is 0. The van der Waals surface area contributed by atoms with Crippen LogP contribution in [-0.2, 0) is 28.4 Å². The van der Waals surface area contributed by atoms with Crippen LogP contribution in [0.25, 0.3) is 0 Å². The number of nitrogens with one attached hydrogen (secondary N) is 1. The predicted molar refractivity (Wildman–Crippen MR) is 91.1 cm³/mol. The summed E-state index contributed by atoms with van der Waals surface area (Å²) in [7, 11) is 0. The first-order valence-corrected chi connectivity index (χ1v) is 8.34. The van der Waals surface area contributed by atoms with Crippen molar-refractivity contribution in [2.45, 2.75) is 30.9 Å². The average molecular weight is 435 g/mol. The minimum Gasteiger partial charge on any atom is -0.480 e. The quantitative estimate of drug-likeness (QED) is 0.606. The molecule has 0 unspecified atom stereocenters. The fourth-order valence-corrected chi connectivity index (χ4v) is 2.65. The van der Waals surface area contributed by atoms with Gasteiger partial charge in [-0.1, -0.05) is 30.3 Å². The Kier molecular flexibility index (Phi) is 6.76. The Labute approximate surface area is 165 Å². The number of aliphatic hydroxyl groups is 1. The van der Waals surface area contributed by atoms with Gasteiger partial charge in [0.2, 0.25) is 0 Å². The van der Waals surface area contributed by atoms with Gasteiger partial charge in [-0.05, 0) is 29.3 Å². The van der Waals surface area contributed by atoms with E-state index in [1.54, 1.807) is 0 Å². The van der Waals surface area contributed by atoms with Crippen LogP contribution in [0.5, 0.6) is 0 Å².